The maximum absolute atomic E-state index is 6.51. The Balaban J connectivity index is 1.27. The predicted octanol–water partition coefficient (Wildman–Crippen LogP) is 5.09. The minimum absolute atomic E-state index is 0.0404. The molecule has 5 rings (SSSR count). The minimum Gasteiger partial charge on any atom is -0.487 e. The third kappa shape index (κ3) is 2.63. The Hall–Kier alpha value is -2.22. The highest BCUT2D eigenvalue weighted by atomic mass is 16.5. The van der Waals surface area contributed by atoms with E-state index in [9.17, 15) is 0 Å². The molecule has 1 spiro atoms. The number of hydrogen-bond donors (Lipinski definition) is 0. The van der Waals surface area contributed by atoms with Crippen molar-refractivity contribution in [3.05, 3.63) is 77.5 Å². The average Bonchev–Trinajstić information content (AvgIpc) is 3.12. The summed E-state index contributed by atoms with van der Waals surface area (Å²) < 4.78 is 6.51. The van der Waals surface area contributed by atoms with Gasteiger partial charge in [0, 0.05) is 37.5 Å². The Morgan fingerprint density at radius 1 is 0.923 bits per heavy atom. The average molecular weight is 345 g/mol. The van der Waals surface area contributed by atoms with Crippen LogP contribution in [-0.4, -0.2) is 23.6 Å². The highest BCUT2D eigenvalue weighted by Gasteiger charge is 2.40. The van der Waals surface area contributed by atoms with Crippen LogP contribution in [0.25, 0.3) is 0 Å². The van der Waals surface area contributed by atoms with Crippen molar-refractivity contribution in [2.75, 3.05) is 13.1 Å². The third-order valence-electron chi connectivity index (χ3n) is 6.76. The lowest BCUT2D eigenvalue weighted by molar-refractivity contribution is -0.00812. The zero-order valence-corrected chi connectivity index (χ0v) is 15.4. The van der Waals surface area contributed by atoms with E-state index in [1.54, 1.807) is 0 Å². The van der Waals surface area contributed by atoms with Crippen molar-refractivity contribution in [3.63, 3.8) is 0 Å². The van der Waals surface area contributed by atoms with Crippen LogP contribution in [0.3, 0.4) is 0 Å². The number of aryl methyl sites for hydroxylation is 2. The molecule has 0 amide bonds. The largest absolute Gasteiger partial charge is 0.487 e. The van der Waals surface area contributed by atoms with Gasteiger partial charge in [-0.1, -0.05) is 49.0 Å². The van der Waals surface area contributed by atoms with E-state index in [2.05, 4.69) is 60.0 Å². The number of hydrogen-bond acceptors (Lipinski definition) is 2. The first-order chi connectivity index (χ1) is 12.7. The molecule has 1 atom stereocenters. The zero-order chi connectivity index (χ0) is 17.6. The van der Waals surface area contributed by atoms with Gasteiger partial charge in [-0.3, -0.25) is 0 Å². The van der Waals surface area contributed by atoms with E-state index in [0.717, 1.165) is 44.5 Å². The molecule has 26 heavy (non-hydrogen) atoms. The molecule has 2 heterocycles. The Labute approximate surface area is 156 Å². The Morgan fingerprint density at radius 2 is 1.65 bits per heavy atom. The van der Waals surface area contributed by atoms with Crippen LogP contribution in [0.2, 0.25) is 0 Å². The molecule has 0 saturated carbocycles. The van der Waals surface area contributed by atoms with Crippen LogP contribution in [0.4, 0.5) is 0 Å². The van der Waals surface area contributed by atoms with Gasteiger partial charge in [0.2, 0.25) is 0 Å². The van der Waals surface area contributed by atoms with Crippen molar-refractivity contribution in [1.82, 2.24) is 4.90 Å². The number of allylic oxidation sites excluding steroid dienone is 1. The van der Waals surface area contributed by atoms with Crippen molar-refractivity contribution in [1.29, 1.82) is 0 Å². The molecule has 3 aliphatic rings. The normalized spacial score (nSPS) is 23.2. The molecule has 1 fully saturated rings. The summed E-state index contributed by atoms with van der Waals surface area (Å²) in [5.41, 5.74) is 5.74. The Morgan fingerprint density at radius 3 is 2.50 bits per heavy atom. The van der Waals surface area contributed by atoms with Crippen LogP contribution in [0.1, 0.15) is 48.3 Å². The van der Waals surface area contributed by atoms with Crippen LogP contribution in [0.5, 0.6) is 5.75 Å². The lowest BCUT2D eigenvalue weighted by Crippen LogP contribution is -2.49. The first kappa shape index (κ1) is 16.0. The molecule has 2 nitrogen and oxygen atoms in total. The molecular weight excluding hydrogens is 318 g/mol. The fourth-order valence-corrected chi connectivity index (χ4v) is 5.13. The van der Waals surface area contributed by atoms with Crippen LogP contribution >= 0.6 is 0 Å². The summed E-state index contributed by atoms with van der Waals surface area (Å²) in [5.74, 6) is 1.61. The number of likely N-dealkylation sites (tertiary alicyclic amines) is 1. The van der Waals surface area contributed by atoms with E-state index in [0.29, 0.717) is 5.92 Å². The summed E-state index contributed by atoms with van der Waals surface area (Å²) >= 11 is 0. The number of nitrogens with zero attached hydrogens (tertiary/aromatic N) is 1. The topological polar surface area (TPSA) is 12.5 Å². The fraction of sp³-hybridized carbons (Fsp3) is 0.417. The van der Waals surface area contributed by atoms with E-state index >= 15 is 0 Å². The maximum atomic E-state index is 6.51. The summed E-state index contributed by atoms with van der Waals surface area (Å²) in [6.45, 7) is 6.65. The zero-order valence-electron chi connectivity index (χ0n) is 15.4. The molecule has 0 radical (unpaired) electrons. The molecule has 1 unspecified atom stereocenters. The molecule has 1 saturated heterocycles. The lowest BCUT2D eigenvalue weighted by Gasteiger charge is -2.46. The quantitative estimate of drug-likeness (QED) is 0.752. The van der Waals surface area contributed by atoms with E-state index in [4.69, 9.17) is 4.74 Å². The van der Waals surface area contributed by atoms with Gasteiger partial charge in [-0.15, -0.1) is 0 Å². The molecule has 2 aromatic carbocycles. The van der Waals surface area contributed by atoms with Gasteiger partial charge in [-0.2, -0.15) is 0 Å². The lowest BCUT2D eigenvalue weighted by atomic mass is 9.82. The number of ether oxygens (including phenoxy) is 1. The van der Waals surface area contributed by atoms with Crippen molar-refractivity contribution < 1.29 is 4.74 Å². The van der Waals surface area contributed by atoms with Gasteiger partial charge in [0.05, 0.1) is 0 Å². The van der Waals surface area contributed by atoms with Crippen molar-refractivity contribution >= 4 is 0 Å². The monoisotopic (exact) mass is 345 g/mol. The minimum atomic E-state index is 0.0404. The number of rotatable bonds is 2. The van der Waals surface area contributed by atoms with Crippen LogP contribution < -0.4 is 4.74 Å². The summed E-state index contributed by atoms with van der Waals surface area (Å²) in [6, 6.07) is 17.5. The van der Waals surface area contributed by atoms with Gasteiger partial charge in [-0.25, -0.2) is 0 Å². The van der Waals surface area contributed by atoms with Gasteiger partial charge >= 0.3 is 0 Å². The van der Waals surface area contributed by atoms with Crippen LogP contribution in [-0.2, 0) is 12.8 Å². The second kappa shape index (κ2) is 6.19. The molecule has 0 N–H and O–H groups in total. The SMILES string of the molecule is C=C(C1CCc2ccccc21)N1CCC2(CCc3ccccc3O2)CC1. The first-order valence-electron chi connectivity index (χ1n) is 10.0. The third-order valence-corrected chi connectivity index (χ3v) is 6.76. The van der Waals surface area contributed by atoms with E-state index in [1.807, 2.05) is 0 Å². The molecule has 0 aromatic heterocycles. The number of benzene rings is 2. The van der Waals surface area contributed by atoms with Crippen LogP contribution in [0.15, 0.2) is 60.8 Å². The smallest absolute Gasteiger partial charge is 0.123 e. The highest BCUT2D eigenvalue weighted by molar-refractivity contribution is 5.40. The standard InChI is InChI=1S/C24H27NO/c1-18(21-11-10-19-6-2-4-8-22(19)21)25-16-14-24(15-17-25)13-12-20-7-3-5-9-23(20)26-24/h2-9,21H,1,10-17H2. The molecular formula is C24H27NO. The molecule has 1 aliphatic carbocycles. The van der Waals surface area contributed by atoms with Gasteiger partial charge in [0.25, 0.3) is 0 Å². The summed E-state index contributed by atoms with van der Waals surface area (Å²) in [5, 5.41) is 0. The highest BCUT2D eigenvalue weighted by Crippen LogP contribution is 2.43. The number of piperidine rings is 1. The molecule has 2 aromatic rings. The second-order valence-electron chi connectivity index (χ2n) is 8.16. The van der Waals surface area contributed by atoms with E-state index in [-0.39, 0.29) is 5.60 Å². The van der Waals surface area contributed by atoms with E-state index in [1.165, 1.54) is 35.2 Å². The molecule has 0 bridgehead atoms. The number of fused-ring (bicyclic) bond motifs is 2. The van der Waals surface area contributed by atoms with Crippen molar-refractivity contribution in [2.45, 2.75) is 50.0 Å². The first-order valence-corrected chi connectivity index (χ1v) is 10.0. The Bertz CT molecular complexity index is 832. The van der Waals surface area contributed by atoms with E-state index < -0.39 is 0 Å². The number of para-hydroxylation sites is 1. The second-order valence-corrected chi connectivity index (χ2v) is 8.16. The van der Waals surface area contributed by atoms with Crippen molar-refractivity contribution in [2.24, 2.45) is 0 Å². The molecule has 2 aliphatic heterocycles. The maximum Gasteiger partial charge on any atom is 0.123 e. The van der Waals surface area contributed by atoms with Gasteiger partial charge in [0.1, 0.15) is 11.4 Å². The predicted molar refractivity (Wildman–Crippen MR) is 106 cm³/mol. The van der Waals surface area contributed by atoms with Crippen molar-refractivity contribution in [3.8, 4) is 5.75 Å². The van der Waals surface area contributed by atoms with Gasteiger partial charge < -0.3 is 9.64 Å². The Kier molecular flexibility index (Phi) is 3.81. The molecule has 2 heteroatoms. The summed E-state index contributed by atoms with van der Waals surface area (Å²) in [7, 11) is 0. The summed E-state index contributed by atoms with van der Waals surface area (Å²) in [4.78, 5) is 2.53. The van der Waals surface area contributed by atoms with Gasteiger partial charge in [-0.05, 0) is 48.4 Å². The van der Waals surface area contributed by atoms with Crippen LogP contribution in [0, 0.1) is 0 Å². The fourth-order valence-electron chi connectivity index (χ4n) is 5.13. The molecule has 134 valence electrons. The summed E-state index contributed by atoms with van der Waals surface area (Å²) in [6.07, 6.45) is 6.91. The van der Waals surface area contributed by atoms with Gasteiger partial charge in [0.15, 0.2) is 0 Å².